The number of pyridine rings is 1. The van der Waals surface area contributed by atoms with Crippen LogP contribution in [0.2, 0.25) is 0 Å². The maximum absolute atomic E-state index is 8.78. The van der Waals surface area contributed by atoms with E-state index in [0.29, 0.717) is 11.5 Å². The van der Waals surface area contributed by atoms with Crippen molar-refractivity contribution in [2.75, 3.05) is 12.4 Å². The number of nitrogens with zero attached hydrogens (tertiary/aromatic N) is 2. The van der Waals surface area contributed by atoms with Crippen molar-refractivity contribution in [3.05, 3.63) is 46.6 Å². The minimum Gasteiger partial charge on any atom is -0.495 e. The van der Waals surface area contributed by atoms with Crippen molar-refractivity contribution in [3.63, 3.8) is 0 Å². The van der Waals surface area contributed by atoms with Gasteiger partial charge in [-0.15, -0.1) is 0 Å². The van der Waals surface area contributed by atoms with E-state index in [0.717, 1.165) is 15.9 Å². The van der Waals surface area contributed by atoms with Crippen molar-refractivity contribution < 1.29 is 4.74 Å². The largest absolute Gasteiger partial charge is 0.495 e. The molecular weight excluding hydrogens is 294 g/mol. The zero-order valence-corrected chi connectivity index (χ0v) is 11.2. The number of hydrogen-bond donors (Lipinski definition) is 1. The Balaban J connectivity index is 2.26. The number of halogens is 1. The Morgan fingerprint density at radius 1 is 1.33 bits per heavy atom. The molecule has 2 rings (SSSR count). The zero-order chi connectivity index (χ0) is 13.0. The summed E-state index contributed by atoms with van der Waals surface area (Å²) in [4.78, 5) is 4.14. The monoisotopic (exact) mass is 303 g/mol. The van der Waals surface area contributed by atoms with Crippen LogP contribution in [0.25, 0.3) is 0 Å². The van der Waals surface area contributed by atoms with Crippen molar-refractivity contribution >= 4 is 27.4 Å². The van der Waals surface area contributed by atoms with E-state index >= 15 is 0 Å². The molecule has 90 valence electrons. The summed E-state index contributed by atoms with van der Waals surface area (Å²) in [6.45, 7) is 0. The Hall–Kier alpha value is -2.06. The van der Waals surface area contributed by atoms with Crippen LogP contribution in [0, 0.1) is 11.3 Å². The standard InChI is InChI=1S/C13H10BrN3O/c1-18-12-7-9(5-6-11(12)14)16-13-4-2-3-10(8-15)17-13/h2-7H,1H3,(H,16,17). The highest BCUT2D eigenvalue weighted by Gasteiger charge is 2.03. The molecule has 0 atom stereocenters. The second-order valence-corrected chi connectivity index (χ2v) is 4.35. The molecule has 0 bridgehead atoms. The minimum atomic E-state index is 0.379. The first-order valence-corrected chi connectivity index (χ1v) is 6.00. The predicted molar refractivity (Wildman–Crippen MR) is 72.9 cm³/mol. The van der Waals surface area contributed by atoms with Gasteiger partial charge in [0.25, 0.3) is 0 Å². The van der Waals surface area contributed by atoms with Gasteiger partial charge in [0.1, 0.15) is 23.3 Å². The number of aromatic nitrogens is 1. The number of ether oxygens (including phenoxy) is 1. The van der Waals surface area contributed by atoms with E-state index < -0.39 is 0 Å². The topological polar surface area (TPSA) is 57.9 Å². The van der Waals surface area contributed by atoms with Crippen LogP contribution in [-0.4, -0.2) is 12.1 Å². The Morgan fingerprint density at radius 2 is 2.17 bits per heavy atom. The molecule has 0 aliphatic carbocycles. The van der Waals surface area contributed by atoms with Gasteiger partial charge in [0.15, 0.2) is 0 Å². The maximum atomic E-state index is 8.78. The van der Waals surface area contributed by atoms with E-state index in [1.807, 2.05) is 24.3 Å². The summed E-state index contributed by atoms with van der Waals surface area (Å²) in [5.41, 5.74) is 1.22. The van der Waals surface area contributed by atoms with Crippen LogP contribution in [0.5, 0.6) is 5.75 Å². The average molecular weight is 304 g/mol. The molecule has 1 aromatic heterocycles. The molecule has 0 fully saturated rings. The van der Waals surface area contributed by atoms with Gasteiger partial charge in [-0.2, -0.15) is 5.26 Å². The number of nitriles is 1. The van der Waals surface area contributed by atoms with Crippen LogP contribution in [0.15, 0.2) is 40.9 Å². The van der Waals surface area contributed by atoms with Crippen molar-refractivity contribution in [2.45, 2.75) is 0 Å². The van der Waals surface area contributed by atoms with Crippen LogP contribution in [-0.2, 0) is 0 Å². The molecule has 0 unspecified atom stereocenters. The lowest BCUT2D eigenvalue weighted by atomic mass is 10.3. The van der Waals surface area contributed by atoms with Gasteiger partial charge >= 0.3 is 0 Å². The van der Waals surface area contributed by atoms with E-state index in [4.69, 9.17) is 10.00 Å². The number of rotatable bonds is 3. The predicted octanol–water partition coefficient (Wildman–Crippen LogP) is 3.47. The first-order valence-electron chi connectivity index (χ1n) is 5.20. The summed E-state index contributed by atoms with van der Waals surface area (Å²) < 4.78 is 6.09. The van der Waals surface area contributed by atoms with Gasteiger partial charge < -0.3 is 10.1 Å². The number of nitrogens with one attached hydrogen (secondary N) is 1. The van der Waals surface area contributed by atoms with Gasteiger partial charge in [0, 0.05) is 11.8 Å². The highest BCUT2D eigenvalue weighted by atomic mass is 79.9. The van der Waals surface area contributed by atoms with Crippen LogP contribution in [0.4, 0.5) is 11.5 Å². The smallest absolute Gasteiger partial charge is 0.142 e. The number of methoxy groups -OCH3 is 1. The molecule has 0 aliphatic heterocycles. The summed E-state index contributed by atoms with van der Waals surface area (Å²) >= 11 is 3.39. The molecule has 1 aromatic carbocycles. The fourth-order valence-electron chi connectivity index (χ4n) is 1.45. The fourth-order valence-corrected chi connectivity index (χ4v) is 1.86. The summed E-state index contributed by atoms with van der Waals surface area (Å²) in [6, 6.07) is 12.9. The summed E-state index contributed by atoms with van der Waals surface area (Å²) in [6.07, 6.45) is 0. The van der Waals surface area contributed by atoms with E-state index in [-0.39, 0.29) is 0 Å². The normalized spacial score (nSPS) is 9.61. The minimum absolute atomic E-state index is 0.379. The van der Waals surface area contributed by atoms with Crippen LogP contribution >= 0.6 is 15.9 Å². The van der Waals surface area contributed by atoms with Gasteiger partial charge in [-0.05, 0) is 40.2 Å². The number of anilines is 2. The molecule has 0 spiro atoms. The first-order chi connectivity index (χ1) is 8.72. The number of benzene rings is 1. The molecule has 1 heterocycles. The van der Waals surface area contributed by atoms with Crippen molar-refractivity contribution in [1.29, 1.82) is 5.26 Å². The molecule has 0 aliphatic rings. The van der Waals surface area contributed by atoms with E-state index in [2.05, 4.69) is 26.2 Å². The summed E-state index contributed by atoms with van der Waals surface area (Å²) in [5.74, 6) is 1.36. The molecule has 0 saturated heterocycles. The van der Waals surface area contributed by atoms with Gasteiger partial charge in [0.2, 0.25) is 0 Å². The van der Waals surface area contributed by atoms with E-state index in [9.17, 15) is 0 Å². The Bertz CT molecular complexity index is 607. The lowest BCUT2D eigenvalue weighted by Crippen LogP contribution is -1.95. The highest BCUT2D eigenvalue weighted by molar-refractivity contribution is 9.10. The maximum Gasteiger partial charge on any atom is 0.142 e. The van der Waals surface area contributed by atoms with Gasteiger partial charge in [-0.25, -0.2) is 4.98 Å². The third-order valence-corrected chi connectivity index (χ3v) is 2.94. The number of hydrogen-bond acceptors (Lipinski definition) is 4. The van der Waals surface area contributed by atoms with Gasteiger partial charge in [0.05, 0.1) is 11.6 Å². The second-order valence-electron chi connectivity index (χ2n) is 3.49. The summed E-state index contributed by atoms with van der Waals surface area (Å²) in [5, 5.41) is 11.9. The molecule has 0 radical (unpaired) electrons. The molecule has 18 heavy (non-hydrogen) atoms. The van der Waals surface area contributed by atoms with E-state index in [1.54, 1.807) is 25.3 Å². The first kappa shape index (κ1) is 12.4. The fraction of sp³-hybridized carbons (Fsp3) is 0.0769. The summed E-state index contributed by atoms with van der Waals surface area (Å²) in [7, 11) is 1.61. The molecule has 4 nitrogen and oxygen atoms in total. The average Bonchev–Trinajstić information content (AvgIpc) is 2.41. The van der Waals surface area contributed by atoms with E-state index in [1.165, 1.54) is 0 Å². The third-order valence-electron chi connectivity index (χ3n) is 2.29. The SMILES string of the molecule is COc1cc(Nc2cccc(C#N)n2)ccc1Br. The lowest BCUT2D eigenvalue weighted by Gasteiger charge is -2.08. The second kappa shape index (κ2) is 5.52. The van der Waals surface area contributed by atoms with Crippen LogP contribution in [0.3, 0.4) is 0 Å². The zero-order valence-electron chi connectivity index (χ0n) is 9.64. The molecule has 2 aromatic rings. The molecule has 1 N–H and O–H groups in total. The lowest BCUT2D eigenvalue weighted by molar-refractivity contribution is 0.412. The Morgan fingerprint density at radius 3 is 2.89 bits per heavy atom. The van der Waals surface area contributed by atoms with Crippen molar-refractivity contribution in [2.24, 2.45) is 0 Å². The van der Waals surface area contributed by atoms with Crippen molar-refractivity contribution in [3.8, 4) is 11.8 Å². The molecule has 5 heteroatoms. The third kappa shape index (κ3) is 2.79. The van der Waals surface area contributed by atoms with Gasteiger partial charge in [-0.1, -0.05) is 6.07 Å². The van der Waals surface area contributed by atoms with Gasteiger partial charge in [-0.3, -0.25) is 0 Å². The Kier molecular flexibility index (Phi) is 3.80. The van der Waals surface area contributed by atoms with Crippen molar-refractivity contribution in [1.82, 2.24) is 4.98 Å². The molecule has 0 amide bonds. The quantitative estimate of drug-likeness (QED) is 0.943. The molecule has 0 saturated carbocycles. The van der Waals surface area contributed by atoms with Crippen LogP contribution < -0.4 is 10.1 Å². The Labute approximate surface area is 113 Å². The van der Waals surface area contributed by atoms with Crippen LogP contribution in [0.1, 0.15) is 5.69 Å². The molecular formula is C13H10BrN3O. The highest BCUT2D eigenvalue weighted by Crippen LogP contribution is 2.28.